The molecule has 1 rings (SSSR count). The molecule has 1 aliphatic heterocycles. The first-order chi connectivity index (χ1) is 8.24. The number of ketones is 1. The van der Waals surface area contributed by atoms with Gasteiger partial charge in [-0.05, 0) is 12.8 Å². The highest BCUT2D eigenvalue weighted by molar-refractivity contribution is 5.81. The summed E-state index contributed by atoms with van der Waals surface area (Å²) in [6.45, 7) is 2.55. The van der Waals surface area contributed by atoms with Crippen molar-refractivity contribution in [2.75, 3.05) is 19.6 Å². The average Bonchev–Trinajstić information content (AvgIpc) is 2.68. The van der Waals surface area contributed by atoms with Gasteiger partial charge in [0.05, 0.1) is 0 Å². The van der Waals surface area contributed by atoms with Gasteiger partial charge in [-0.1, -0.05) is 13.3 Å². The molecular weight excluding hydrogens is 249 g/mol. The van der Waals surface area contributed by atoms with E-state index in [0.717, 1.165) is 6.42 Å². The molecule has 2 atom stereocenters. The molecule has 1 heterocycles. The Labute approximate surface area is 104 Å². The predicted molar refractivity (Wildman–Crippen MR) is 59.0 cm³/mol. The van der Waals surface area contributed by atoms with Gasteiger partial charge in [0, 0.05) is 19.0 Å². The molecule has 0 saturated carbocycles. The number of hydrogen-bond acceptors (Lipinski definition) is 2. The summed E-state index contributed by atoms with van der Waals surface area (Å²) in [5, 5.41) is 1.82. The first-order valence-electron chi connectivity index (χ1n) is 5.84. The molecule has 0 bridgehead atoms. The number of rotatable bonds is 3. The number of likely N-dealkylation sites (tertiary alicyclic amines) is 1. The second-order valence-electron chi connectivity index (χ2n) is 4.56. The molecule has 1 saturated heterocycles. The van der Waals surface area contributed by atoms with Crippen molar-refractivity contribution < 1.29 is 22.8 Å². The topological polar surface area (TPSA) is 49.4 Å². The van der Waals surface area contributed by atoms with E-state index in [1.54, 1.807) is 0 Å². The number of hydrogen-bond donors (Lipinski definition) is 1. The summed E-state index contributed by atoms with van der Waals surface area (Å²) in [5.41, 5.74) is 0. The summed E-state index contributed by atoms with van der Waals surface area (Å²) in [6, 6.07) is -0.755. The van der Waals surface area contributed by atoms with Crippen molar-refractivity contribution >= 4 is 11.8 Å². The highest BCUT2D eigenvalue weighted by Crippen LogP contribution is 2.26. The number of halogens is 3. The van der Waals surface area contributed by atoms with E-state index in [-0.39, 0.29) is 24.2 Å². The van der Waals surface area contributed by atoms with Gasteiger partial charge in [-0.2, -0.15) is 13.2 Å². The van der Waals surface area contributed by atoms with Crippen molar-refractivity contribution in [2.24, 2.45) is 11.8 Å². The highest BCUT2D eigenvalue weighted by atomic mass is 19.4. The van der Waals surface area contributed by atoms with Crippen LogP contribution in [0, 0.1) is 11.8 Å². The van der Waals surface area contributed by atoms with Gasteiger partial charge >= 0.3 is 12.2 Å². The SMILES string of the molecule is CC[C@@H]1CN(C(=O)NCC(F)(F)F)C[C@@H]1C(C)=O. The molecule has 1 aliphatic rings. The number of alkyl halides is 3. The fourth-order valence-electron chi connectivity index (χ4n) is 2.20. The molecule has 0 unspecified atom stereocenters. The number of nitrogens with zero attached hydrogens (tertiary/aromatic N) is 1. The Bertz CT molecular complexity index is 331. The lowest BCUT2D eigenvalue weighted by atomic mass is 9.91. The summed E-state index contributed by atoms with van der Waals surface area (Å²) < 4.78 is 35.9. The molecule has 1 fully saturated rings. The van der Waals surface area contributed by atoms with E-state index in [4.69, 9.17) is 0 Å². The van der Waals surface area contributed by atoms with Crippen LogP contribution in [0.2, 0.25) is 0 Å². The molecule has 7 heteroatoms. The number of urea groups is 1. The quantitative estimate of drug-likeness (QED) is 0.847. The fraction of sp³-hybridized carbons (Fsp3) is 0.818. The van der Waals surface area contributed by atoms with Crippen LogP contribution in [0.25, 0.3) is 0 Å². The van der Waals surface area contributed by atoms with E-state index in [9.17, 15) is 22.8 Å². The van der Waals surface area contributed by atoms with Crippen LogP contribution in [0.4, 0.5) is 18.0 Å². The average molecular weight is 266 g/mol. The molecule has 0 radical (unpaired) electrons. The number of amides is 2. The Morgan fingerprint density at radius 2 is 1.94 bits per heavy atom. The first kappa shape index (κ1) is 14.8. The lowest BCUT2D eigenvalue weighted by molar-refractivity contribution is -0.123. The zero-order chi connectivity index (χ0) is 13.9. The van der Waals surface area contributed by atoms with E-state index in [1.807, 2.05) is 12.2 Å². The lowest BCUT2D eigenvalue weighted by Gasteiger charge is -2.17. The Hall–Kier alpha value is -1.27. The summed E-state index contributed by atoms with van der Waals surface area (Å²) in [4.78, 5) is 24.2. The van der Waals surface area contributed by atoms with Crippen LogP contribution >= 0.6 is 0 Å². The van der Waals surface area contributed by atoms with Crippen molar-refractivity contribution in [3.05, 3.63) is 0 Å². The smallest absolute Gasteiger partial charge is 0.329 e. The molecular formula is C11H17F3N2O2. The van der Waals surface area contributed by atoms with E-state index < -0.39 is 18.8 Å². The fourth-order valence-corrected chi connectivity index (χ4v) is 2.20. The molecule has 104 valence electrons. The maximum atomic E-state index is 12.0. The summed E-state index contributed by atoms with van der Waals surface area (Å²) in [6.07, 6.45) is -3.69. The van der Waals surface area contributed by atoms with Gasteiger partial charge in [0.1, 0.15) is 12.3 Å². The molecule has 0 aromatic heterocycles. The normalized spacial score (nSPS) is 24.2. The van der Waals surface area contributed by atoms with Crippen LogP contribution in [-0.4, -0.2) is 42.5 Å². The molecule has 0 aromatic carbocycles. The van der Waals surface area contributed by atoms with E-state index >= 15 is 0 Å². The van der Waals surface area contributed by atoms with E-state index in [1.165, 1.54) is 11.8 Å². The second-order valence-corrected chi connectivity index (χ2v) is 4.56. The maximum Gasteiger partial charge on any atom is 0.405 e. The van der Waals surface area contributed by atoms with Crippen LogP contribution < -0.4 is 5.32 Å². The number of carbonyl (C=O) groups excluding carboxylic acids is 2. The number of carbonyl (C=O) groups is 2. The van der Waals surface area contributed by atoms with Crippen LogP contribution in [0.15, 0.2) is 0 Å². The largest absolute Gasteiger partial charge is 0.405 e. The standard InChI is InChI=1S/C11H17F3N2O2/c1-3-8-4-16(5-9(8)7(2)17)10(18)15-6-11(12,13)14/h8-9H,3-6H2,1-2H3,(H,15,18)/t8-,9-/m1/s1. The van der Waals surface area contributed by atoms with Gasteiger partial charge in [-0.15, -0.1) is 0 Å². The third kappa shape index (κ3) is 3.89. The Kier molecular flexibility index (Phi) is 4.59. The van der Waals surface area contributed by atoms with Gasteiger partial charge < -0.3 is 10.2 Å². The highest BCUT2D eigenvalue weighted by Gasteiger charge is 2.37. The molecule has 0 spiro atoms. The van der Waals surface area contributed by atoms with Gasteiger partial charge in [-0.3, -0.25) is 4.79 Å². The minimum absolute atomic E-state index is 0.0204. The summed E-state index contributed by atoms with van der Waals surface area (Å²) in [7, 11) is 0. The molecule has 1 N–H and O–H groups in total. The van der Waals surface area contributed by atoms with Crippen LogP contribution in [0.3, 0.4) is 0 Å². The van der Waals surface area contributed by atoms with E-state index in [0.29, 0.717) is 6.54 Å². The summed E-state index contributed by atoms with van der Waals surface area (Å²) >= 11 is 0. The van der Waals surface area contributed by atoms with Gasteiger partial charge in [0.25, 0.3) is 0 Å². The Balaban J connectivity index is 2.54. The van der Waals surface area contributed by atoms with Crippen molar-refractivity contribution in [3.8, 4) is 0 Å². The van der Waals surface area contributed by atoms with Crippen molar-refractivity contribution in [1.29, 1.82) is 0 Å². The van der Waals surface area contributed by atoms with Crippen molar-refractivity contribution in [1.82, 2.24) is 10.2 Å². The molecule has 18 heavy (non-hydrogen) atoms. The van der Waals surface area contributed by atoms with Gasteiger partial charge in [-0.25, -0.2) is 4.79 Å². The Morgan fingerprint density at radius 3 is 2.33 bits per heavy atom. The summed E-state index contributed by atoms with van der Waals surface area (Å²) in [5.74, 6) is -0.237. The zero-order valence-corrected chi connectivity index (χ0v) is 10.4. The second kappa shape index (κ2) is 5.58. The van der Waals surface area contributed by atoms with Crippen LogP contribution in [-0.2, 0) is 4.79 Å². The predicted octanol–water partition coefficient (Wildman–Crippen LogP) is 1.81. The third-order valence-corrected chi connectivity index (χ3v) is 3.21. The lowest BCUT2D eigenvalue weighted by Crippen LogP contribution is -2.43. The number of Topliss-reactive ketones (excluding diaryl/α,β-unsaturated/α-hetero) is 1. The first-order valence-corrected chi connectivity index (χ1v) is 5.84. The van der Waals surface area contributed by atoms with Gasteiger partial charge in [0.15, 0.2) is 0 Å². The molecule has 4 nitrogen and oxygen atoms in total. The third-order valence-electron chi connectivity index (χ3n) is 3.21. The molecule has 0 aliphatic carbocycles. The minimum Gasteiger partial charge on any atom is -0.329 e. The molecule has 0 aromatic rings. The van der Waals surface area contributed by atoms with Crippen LogP contribution in [0.1, 0.15) is 20.3 Å². The zero-order valence-electron chi connectivity index (χ0n) is 10.4. The van der Waals surface area contributed by atoms with Crippen LogP contribution in [0.5, 0.6) is 0 Å². The van der Waals surface area contributed by atoms with Crippen molar-refractivity contribution in [2.45, 2.75) is 26.4 Å². The van der Waals surface area contributed by atoms with Gasteiger partial charge in [0.2, 0.25) is 0 Å². The Morgan fingerprint density at radius 1 is 1.33 bits per heavy atom. The molecule has 2 amide bonds. The monoisotopic (exact) mass is 266 g/mol. The maximum absolute atomic E-state index is 12.0. The number of nitrogens with one attached hydrogen (secondary N) is 1. The van der Waals surface area contributed by atoms with E-state index in [2.05, 4.69) is 0 Å². The van der Waals surface area contributed by atoms with Crippen molar-refractivity contribution in [3.63, 3.8) is 0 Å². The minimum atomic E-state index is -4.42.